The Labute approximate surface area is 253 Å². The molecule has 3 rings (SSSR count). The van der Waals surface area contributed by atoms with Crippen LogP contribution < -0.4 is 9.62 Å². The fraction of sp³-hybridized carbons (Fsp3) is 0.310. The molecule has 0 saturated heterocycles. The van der Waals surface area contributed by atoms with Crippen LogP contribution in [0.3, 0.4) is 0 Å². The van der Waals surface area contributed by atoms with Gasteiger partial charge >= 0.3 is 6.18 Å². The largest absolute Gasteiger partial charge is 0.416 e. The minimum atomic E-state index is -4.81. The first-order chi connectivity index (χ1) is 19.6. The van der Waals surface area contributed by atoms with E-state index in [1.807, 2.05) is 6.92 Å². The Kier molecular flexibility index (Phi) is 10.9. The van der Waals surface area contributed by atoms with E-state index in [0.717, 1.165) is 17.0 Å². The molecule has 3 aromatic rings. The van der Waals surface area contributed by atoms with Gasteiger partial charge < -0.3 is 10.2 Å². The van der Waals surface area contributed by atoms with E-state index in [4.69, 9.17) is 23.2 Å². The van der Waals surface area contributed by atoms with Gasteiger partial charge in [-0.15, -0.1) is 0 Å². The standard InChI is InChI=1S/C29H30Cl2F3N3O4S/c1-4-19(2)35-28(39)20(3)36(17-21-10-13-23(30)14-11-21)27(38)18-37(42(40,41)24-8-6-5-7-9-24)26-16-22(29(32,33)34)12-15-25(26)31/h5-16,19-20H,4,17-18H2,1-3H3,(H,35,39)/t19-,20-/m1/s1. The molecule has 0 spiro atoms. The molecule has 0 fully saturated rings. The number of hydrogen-bond acceptors (Lipinski definition) is 4. The van der Waals surface area contributed by atoms with Crippen molar-refractivity contribution in [2.24, 2.45) is 0 Å². The van der Waals surface area contributed by atoms with E-state index >= 15 is 0 Å². The van der Waals surface area contributed by atoms with Crippen molar-refractivity contribution in [1.82, 2.24) is 10.2 Å². The number of anilines is 1. The smallest absolute Gasteiger partial charge is 0.352 e. The predicted octanol–water partition coefficient (Wildman–Crippen LogP) is 6.54. The molecule has 42 heavy (non-hydrogen) atoms. The predicted molar refractivity (Wildman–Crippen MR) is 157 cm³/mol. The number of nitrogens with one attached hydrogen (secondary N) is 1. The fourth-order valence-electron chi connectivity index (χ4n) is 3.95. The number of rotatable bonds is 11. The topological polar surface area (TPSA) is 86.8 Å². The van der Waals surface area contributed by atoms with Gasteiger partial charge in [0, 0.05) is 17.6 Å². The molecule has 0 aliphatic rings. The third-order valence-electron chi connectivity index (χ3n) is 6.59. The number of halogens is 5. The van der Waals surface area contributed by atoms with E-state index in [1.165, 1.54) is 31.2 Å². The van der Waals surface area contributed by atoms with Gasteiger partial charge in [-0.25, -0.2) is 8.42 Å². The van der Waals surface area contributed by atoms with Crippen LogP contribution in [0.5, 0.6) is 0 Å². The van der Waals surface area contributed by atoms with E-state index in [2.05, 4.69) is 5.32 Å². The highest BCUT2D eigenvalue weighted by atomic mass is 35.5. The molecule has 0 aromatic heterocycles. The minimum absolute atomic E-state index is 0.110. The zero-order valence-electron chi connectivity index (χ0n) is 23.0. The Morgan fingerprint density at radius 3 is 2.14 bits per heavy atom. The lowest BCUT2D eigenvalue weighted by molar-refractivity contribution is -0.139. The molecule has 0 bridgehead atoms. The quantitative estimate of drug-likeness (QED) is 0.257. The zero-order valence-corrected chi connectivity index (χ0v) is 25.4. The Hall–Kier alpha value is -3.28. The van der Waals surface area contributed by atoms with Crippen molar-refractivity contribution < 1.29 is 31.2 Å². The second kappa shape index (κ2) is 13.8. The van der Waals surface area contributed by atoms with Crippen molar-refractivity contribution in [3.63, 3.8) is 0 Å². The Morgan fingerprint density at radius 2 is 1.57 bits per heavy atom. The minimum Gasteiger partial charge on any atom is -0.352 e. The average Bonchev–Trinajstić information content (AvgIpc) is 2.95. The van der Waals surface area contributed by atoms with Gasteiger partial charge in [-0.1, -0.05) is 60.5 Å². The lowest BCUT2D eigenvalue weighted by Gasteiger charge is -2.33. The first-order valence-electron chi connectivity index (χ1n) is 12.9. The van der Waals surface area contributed by atoms with Crippen LogP contribution in [0.1, 0.15) is 38.3 Å². The Balaban J connectivity index is 2.11. The maximum absolute atomic E-state index is 13.9. The van der Waals surface area contributed by atoms with Crippen molar-refractivity contribution >= 4 is 50.7 Å². The molecular weight excluding hydrogens is 614 g/mol. The summed E-state index contributed by atoms with van der Waals surface area (Å²) in [6.07, 6.45) is -4.19. The van der Waals surface area contributed by atoms with Gasteiger partial charge in [0.2, 0.25) is 11.8 Å². The summed E-state index contributed by atoms with van der Waals surface area (Å²) in [4.78, 5) is 27.9. The van der Waals surface area contributed by atoms with E-state index in [1.54, 1.807) is 37.3 Å². The van der Waals surface area contributed by atoms with Crippen LogP contribution in [-0.2, 0) is 32.3 Å². The van der Waals surface area contributed by atoms with Gasteiger partial charge in [0.15, 0.2) is 0 Å². The lowest BCUT2D eigenvalue weighted by Crippen LogP contribution is -2.52. The number of benzene rings is 3. The molecule has 2 atom stereocenters. The van der Waals surface area contributed by atoms with Crippen LogP contribution in [0.4, 0.5) is 18.9 Å². The van der Waals surface area contributed by atoms with Crippen LogP contribution >= 0.6 is 23.2 Å². The fourth-order valence-corrected chi connectivity index (χ4v) is 5.79. The monoisotopic (exact) mass is 643 g/mol. The molecule has 2 amide bonds. The Bertz CT molecular complexity index is 1500. The maximum atomic E-state index is 13.9. The molecule has 0 aliphatic carbocycles. The molecule has 226 valence electrons. The van der Waals surface area contributed by atoms with Crippen molar-refractivity contribution in [3.05, 3.63) is 94.0 Å². The number of alkyl halides is 3. The third kappa shape index (κ3) is 8.17. The highest BCUT2D eigenvalue weighted by Crippen LogP contribution is 2.37. The van der Waals surface area contributed by atoms with E-state index in [9.17, 15) is 31.2 Å². The van der Waals surface area contributed by atoms with Crippen LogP contribution in [0.25, 0.3) is 0 Å². The van der Waals surface area contributed by atoms with Crippen LogP contribution in [0, 0.1) is 0 Å². The number of carbonyl (C=O) groups is 2. The molecule has 0 unspecified atom stereocenters. The van der Waals surface area contributed by atoms with Crippen LogP contribution in [0.15, 0.2) is 77.7 Å². The normalized spacial score (nSPS) is 13.2. The summed E-state index contributed by atoms with van der Waals surface area (Å²) in [5.41, 5.74) is -1.10. The summed E-state index contributed by atoms with van der Waals surface area (Å²) in [6, 6.07) is 14.4. The first-order valence-corrected chi connectivity index (χ1v) is 15.1. The van der Waals surface area contributed by atoms with Crippen molar-refractivity contribution in [3.8, 4) is 0 Å². The summed E-state index contributed by atoms with van der Waals surface area (Å²) in [6.45, 7) is 4.10. The van der Waals surface area contributed by atoms with E-state index in [0.29, 0.717) is 27.4 Å². The summed E-state index contributed by atoms with van der Waals surface area (Å²) >= 11 is 12.2. The highest BCUT2D eigenvalue weighted by Gasteiger charge is 2.36. The van der Waals surface area contributed by atoms with Gasteiger partial charge in [-0.2, -0.15) is 13.2 Å². The number of nitrogens with zero attached hydrogens (tertiary/aromatic N) is 2. The highest BCUT2D eigenvalue weighted by molar-refractivity contribution is 7.92. The third-order valence-corrected chi connectivity index (χ3v) is 8.93. The van der Waals surface area contributed by atoms with Gasteiger partial charge in [-0.05, 0) is 68.3 Å². The zero-order chi connectivity index (χ0) is 31.2. The van der Waals surface area contributed by atoms with E-state index < -0.39 is 51.9 Å². The summed E-state index contributed by atoms with van der Waals surface area (Å²) in [5.74, 6) is -1.33. The van der Waals surface area contributed by atoms with Gasteiger partial charge in [0.25, 0.3) is 10.0 Å². The number of carbonyl (C=O) groups excluding carboxylic acids is 2. The SMILES string of the molecule is CC[C@@H](C)NC(=O)[C@@H](C)N(Cc1ccc(Cl)cc1)C(=O)CN(c1cc(C(F)(F)F)ccc1Cl)S(=O)(=O)c1ccccc1. The summed E-state index contributed by atoms with van der Waals surface area (Å²) in [5, 5.41) is 2.93. The molecule has 13 heteroatoms. The number of amides is 2. The van der Waals surface area contributed by atoms with Crippen molar-refractivity contribution in [1.29, 1.82) is 0 Å². The summed E-state index contributed by atoms with van der Waals surface area (Å²) < 4.78 is 69.1. The van der Waals surface area contributed by atoms with Crippen molar-refractivity contribution in [2.45, 2.75) is 56.9 Å². The molecule has 7 nitrogen and oxygen atoms in total. The molecular formula is C29H30Cl2F3N3O4S. The molecule has 0 aliphatic heterocycles. The van der Waals surface area contributed by atoms with Crippen molar-refractivity contribution in [2.75, 3.05) is 10.8 Å². The van der Waals surface area contributed by atoms with Crippen LogP contribution in [-0.4, -0.2) is 43.8 Å². The molecule has 0 radical (unpaired) electrons. The van der Waals surface area contributed by atoms with E-state index in [-0.39, 0.29) is 22.5 Å². The molecule has 1 N–H and O–H groups in total. The average molecular weight is 645 g/mol. The second-order valence-electron chi connectivity index (χ2n) is 9.63. The Morgan fingerprint density at radius 1 is 0.952 bits per heavy atom. The van der Waals surface area contributed by atoms with Gasteiger partial charge in [0.05, 0.1) is 21.2 Å². The second-order valence-corrected chi connectivity index (χ2v) is 12.3. The number of hydrogen-bond donors (Lipinski definition) is 1. The maximum Gasteiger partial charge on any atom is 0.416 e. The molecule has 0 saturated carbocycles. The molecule has 3 aromatic carbocycles. The number of sulfonamides is 1. The first kappa shape index (κ1) is 33.2. The van der Waals surface area contributed by atoms with Gasteiger partial charge in [0.1, 0.15) is 12.6 Å². The van der Waals surface area contributed by atoms with Crippen LogP contribution in [0.2, 0.25) is 10.0 Å². The summed E-state index contributed by atoms with van der Waals surface area (Å²) in [7, 11) is -4.60. The lowest BCUT2D eigenvalue weighted by atomic mass is 10.1. The molecule has 0 heterocycles. The van der Waals surface area contributed by atoms with Gasteiger partial charge in [-0.3, -0.25) is 13.9 Å².